The fourth-order valence-corrected chi connectivity index (χ4v) is 5.23. The van der Waals surface area contributed by atoms with Gasteiger partial charge in [-0.2, -0.15) is 0 Å². The van der Waals surface area contributed by atoms with Gasteiger partial charge in [0.05, 0.1) is 24.1 Å². The first-order valence-corrected chi connectivity index (χ1v) is 13.1. The number of nitrogens with one attached hydrogen (secondary N) is 2. The number of thioether (sulfide) groups is 1. The van der Waals surface area contributed by atoms with Crippen molar-refractivity contribution in [1.82, 2.24) is 10.6 Å². The normalized spacial score (nSPS) is 35.7. The van der Waals surface area contributed by atoms with Crippen molar-refractivity contribution in [1.29, 1.82) is 0 Å². The van der Waals surface area contributed by atoms with Crippen LogP contribution in [0.15, 0.2) is 0 Å². The SMILES string of the molecule is CS[C@H]1O[C@H]([C@H](NC(=O)C2CC[C@H](CCCOCCF)CCN2)[C@H](C)Cl)[C@H](O)[C@H](O)[C@H]1O. The van der Waals surface area contributed by atoms with E-state index in [0.29, 0.717) is 25.5 Å². The van der Waals surface area contributed by atoms with Crippen molar-refractivity contribution in [3.05, 3.63) is 0 Å². The van der Waals surface area contributed by atoms with E-state index in [9.17, 15) is 24.5 Å². The van der Waals surface area contributed by atoms with E-state index in [1.807, 2.05) is 0 Å². The van der Waals surface area contributed by atoms with E-state index in [4.69, 9.17) is 21.1 Å². The number of hydrogen-bond acceptors (Lipinski definition) is 8. The molecule has 32 heavy (non-hydrogen) atoms. The van der Waals surface area contributed by atoms with Crippen LogP contribution in [0.1, 0.15) is 39.0 Å². The van der Waals surface area contributed by atoms with Crippen LogP contribution in [0.5, 0.6) is 0 Å². The molecule has 8 nitrogen and oxygen atoms in total. The Morgan fingerprint density at radius 2 is 2.00 bits per heavy atom. The van der Waals surface area contributed by atoms with Crippen LogP contribution in [-0.4, -0.2) is 101 Å². The van der Waals surface area contributed by atoms with E-state index < -0.39 is 54.0 Å². The molecule has 11 heteroatoms. The highest BCUT2D eigenvalue weighted by Crippen LogP contribution is 2.30. The van der Waals surface area contributed by atoms with Gasteiger partial charge in [0.25, 0.3) is 0 Å². The highest BCUT2D eigenvalue weighted by Gasteiger charge is 2.48. The zero-order chi connectivity index (χ0) is 23.7. The Morgan fingerprint density at radius 3 is 2.66 bits per heavy atom. The third-order valence-electron chi connectivity index (χ3n) is 6.24. The Hall–Kier alpha value is -0.200. The Morgan fingerprint density at radius 1 is 1.25 bits per heavy atom. The molecule has 0 bridgehead atoms. The Bertz CT molecular complexity index is 564. The van der Waals surface area contributed by atoms with Gasteiger partial charge < -0.3 is 35.4 Å². The number of hydrogen-bond donors (Lipinski definition) is 5. The highest BCUT2D eigenvalue weighted by atomic mass is 35.5. The van der Waals surface area contributed by atoms with Crippen molar-refractivity contribution in [3.8, 4) is 0 Å². The molecule has 2 saturated heterocycles. The molecule has 0 aromatic rings. The van der Waals surface area contributed by atoms with Crippen LogP contribution >= 0.6 is 23.4 Å². The van der Waals surface area contributed by atoms with E-state index in [1.54, 1.807) is 13.2 Å². The first kappa shape index (κ1) is 28.0. The van der Waals surface area contributed by atoms with Gasteiger partial charge >= 0.3 is 0 Å². The molecule has 0 aromatic heterocycles. The second-order valence-corrected chi connectivity index (χ2v) is 10.2. The summed E-state index contributed by atoms with van der Waals surface area (Å²) in [5.41, 5.74) is -0.737. The van der Waals surface area contributed by atoms with E-state index in [0.717, 1.165) is 25.7 Å². The molecule has 0 spiro atoms. The molecular weight excluding hydrogens is 463 g/mol. The molecule has 2 rings (SSSR count). The molecule has 2 aliphatic rings. The summed E-state index contributed by atoms with van der Waals surface area (Å²) >= 11 is 7.55. The lowest BCUT2D eigenvalue weighted by Crippen LogP contribution is -2.65. The van der Waals surface area contributed by atoms with Gasteiger partial charge in [0, 0.05) is 6.61 Å². The van der Waals surface area contributed by atoms with Crippen LogP contribution in [0.25, 0.3) is 0 Å². The number of aliphatic hydroxyl groups excluding tert-OH is 3. The molecule has 1 amide bonds. The summed E-state index contributed by atoms with van der Waals surface area (Å²) in [6, 6.07) is -1.14. The van der Waals surface area contributed by atoms with Crippen LogP contribution in [0.2, 0.25) is 0 Å². The van der Waals surface area contributed by atoms with Gasteiger partial charge in [-0.3, -0.25) is 4.79 Å². The lowest BCUT2D eigenvalue weighted by Gasteiger charge is -2.44. The quantitative estimate of drug-likeness (QED) is 0.209. The summed E-state index contributed by atoms with van der Waals surface area (Å²) in [6.07, 6.45) is 1.10. The third kappa shape index (κ3) is 7.94. The lowest BCUT2D eigenvalue weighted by atomic mass is 9.92. The zero-order valence-electron chi connectivity index (χ0n) is 18.8. The number of carbonyl (C=O) groups is 1. The molecule has 188 valence electrons. The highest BCUT2D eigenvalue weighted by molar-refractivity contribution is 7.99. The summed E-state index contributed by atoms with van der Waals surface area (Å²) in [7, 11) is 0. The molecule has 0 saturated carbocycles. The Balaban J connectivity index is 1.91. The molecule has 5 N–H and O–H groups in total. The van der Waals surface area contributed by atoms with Crippen LogP contribution < -0.4 is 10.6 Å². The molecule has 0 radical (unpaired) electrons. The van der Waals surface area contributed by atoms with Crippen molar-refractivity contribution < 1.29 is 34.0 Å². The summed E-state index contributed by atoms with van der Waals surface area (Å²) in [5, 5.41) is 36.4. The van der Waals surface area contributed by atoms with Crippen molar-refractivity contribution in [2.75, 3.05) is 32.7 Å². The van der Waals surface area contributed by atoms with Gasteiger partial charge in [-0.05, 0) is 57.7 Å². The topological polar surface area (TPSA) is 120 Å². The molecule has 9 atom stereocenters. The molecule has 0 aliphatic carbocycles. The molecule has 0 aromatic carbocycles. The molecule has 2 heterocycles. The van der Waals surface area contributed by atoms with E-state index in [2.05, 4.69) is 10.6 Å². The standard InChI is InChI=1S/C21H38ClFN2O6S/c1-12(22)15(19-17(27)16(26)18(28)21(31-19)32-2)25-20(29)14-6-5-13(7-9-24-14)4-3-10-30-11-8-23/h12-19,21,24,26-28H,3-11H2,1-2H3,(H,25,29)/t12-,13-,14?,15+,16-,17+,18+,19+,21+/m0/s1. The van der Waals surface area contributed by atoms with Crippen molar-refractivity contribution in [2.45, 2.75) is 86.3 Å². The molecule has 2 fully saturated rings. The van der Waals surface area contributed by atoms with Gasteiger partial charge in [-0.1, -0.05) is 0 Å². The molecule has 2 aliphatic heterocycles. The minimum absolute atomic E-state index is 0.141. The summed E-state index contributed by atoms with van der Waals surface area (Å²) in [5.74, 6) is 0.242. The smallest absolute Gasteiger partial charge is 0.237 e. The number of aliphatic hydroxyl groups is 3. The van der Waals surface area contributed by atoms with Gasteiger partial charge in [0.15, 0.2) is 0 Å². The fourth-order valence-electron chi connectivity index (χ4n) is 4.34. The second kappa shape index (κ2) is 14.3. The first-order valence-electron chi connectivity index (χ1n) is 11.3. The fraction of sp³-hybridized carbons (Fsp3) is 0.952. The first-order chi connectivity index (χ1) is 15.3. The summed E-state index contributed by atoms with van der Waals surface area (Å²) in [6.45, 7) is 2.62. The van der Waals surface area contributed by atoms with Crippen molar-refractivity contribution >= 4 is 29.3 Å². The third-order valence-corrected chi connectivity index (χ3v) is 7.37. The largest absolute Gasteiger partial charge is 0.388 e. The number of halogens is 2. The monoisotopic (exact) mass is 500 g/mol. The van der Waals surface area contributed by atoms with Gasteiger partial charge in [0.1, 0.15) is 36.5 Å². The van der Waals surface area contributed by atoms with E-state index >= 15 is 0 Å². The van der Waals surface area contributed by atoms with Crippen LogP contribution in [0.4, 0.5) is 4.39 Å². The average molecular weight is 501 g/mol. The van der Waals surface area contributed by atoms with Crippen molar-refractivity contribution in [2.24, 2.45) is 5.92 Å². The van der Waals surface area contributed by atoms with Crippen LogP contribution in [-0.2, 0) is 14.3 Å². The lowest BCUT2D eigenvalue weighted by molar-refractivity contribution is -0.205. The summed E-state index contributed by atoms with van der Waals surface area (Å²) in [4.78, 5) is 13.0. The maximum atomic E-state index is 13.0. The maximum Gasteiger partial charge on any atom is 0.237 e. The van der Waals surface area contributed by atoms with Crippen LogP contribution in [0.3, 0.4) is 0 Å². The minimum Gasteiger partial charge on any atom is -0.388 e. The predicted molar refractivity (Wildman–Crippen MR) is 123 cm³/mol. The average Bonchev–Trinajstić information content (AvgIpc) is 3.02. The molecular formula is C21H38ClFN2O6S. The number of carbonyl (C=O) groups excluding carboxylic acids is 1. The number of ether oxygens (including phenoxy) is 2. The predicted octanol–water partition coefficient (Wildman–Crippen LogP) is 0.794. The Kier molecular flexibility index (Phi) is 12.5. The minimum atomic E-state index is -1.40. The zero-order valence-corrected chi connectivity index (χ0v) is 20.4. The summed E-state index contributed by atoms with van der Waals surface area (Å²) < 4.78 is 23.1. The maximum absolute atomic E-state index is 13.0. The van der Waals surface area contributed by atoms with Gasteiger partial charge in [-0.25, -0.2) is 4.39 Å². The van der Waals surface area contributed by atoms with Gasteiger partial charge in [-0.15, -0.1) is 23.4 Å². The van der Waals surface area contributed by atoms with E-state index in [-0.39, 0.29) is 12.5 Å². The Labute approximate surface area is 198 Å². The van der Waals surface area contributed by atoms with Crippen LogP contribution in [0, 0.1) is 5.92 Å². The number of rotatable bonds is 11. The number of amides is 1. The number of alkyl halides is 2. The molecule has 1 unspecified atom stereocenters. The van der Waals surface area contributed by atoms with Gasteiger partial charge in [0.2, 0.25) is 5.91 Å². The van der Waals surface area contributed by atoms with E-state index in [1.165, 1.54) is 11.8 Å². The second-order valence-electron chi connectivity index (χ2n) is 8.57. The van der Waals surface area contributed by atoms with Crippen molar-refractivity contribution in [3.63, 3.8) is 0 Å².